The Morgan fingerprint density at radius 1 is 0.684 bits per heavy atom. The quantitative estimate of drug-likeness (QED) is 0.179. The molecule has 0 spiro atoms. The van der Waals surface area contributed by atoms with Gasteiger partial charge in [0.25, 0.3) is 5.91 Å². The number of rotatable bonds is 8. The van der Waals surface area contributed by atoms with E-state index < -0.39 is 7.26 Å². The Morgan fingerprint density at radius 3 is 1.66 bits per heavy atom. The average Bonchev–Trinajstić information content (AvgIpc) is 2.99. The van der Waals surface area contributed by atoms with Crippen molar-refractivity contribution in [2.45, 2.75) is 11.9 Å². The normalized spacial score (nSPS) is 11.7. The zero-order valence-corrected chi connectivity index (χ0v) is 22.8. The van der Waals surface area contributed by atoms with Crippen LogP contribution < -0.4 is 21.2 Å². The first kappa shape index (κ1) is 25.7. The number of carbonyl (C=O) groups is 1. The second-order valence-corrected chi connectivity index (χ2v) is 13.0. The second kappa shape index (κ2) is 12.0. The van der Waals surface area contributed by atoms with Gasteiger partial charge in [0.2, 0.25) is 0 Å². The maximum absolute atomic E-state index is 13.8. The van der Waals surface area contributed by atoms with Crippen molar-refractivity contribution in [2.75, 3.05) is 0 Å². The molecule has 1 N–H and O–H groups in total. The Morgan fingerprint density at radius 2 is 1.18 bits per heavy atom. The van der Waals surface area contributed by atoms with Crippen molar-refractivity contribution in [3.8, 4) is 0 Å². The molecule has 4 aromatic carbocycles. The number of benzene rings is 4. The summed E-state index contributed by atoms with van der Waals surface area (Å²) in [6.07, 6.45) is 1.79. The maximum atomic E-state index is 13.8. The molecule has 5 aromatic rings. The van der Waals surface area contributed by atoms with E-state index in [4.69, 9.17) is 0 Å². The van der Waals surface area contributed by atoms with E-state index in [1.54, 1.807) is 6.20 Å². The van der Waals surface area contributed by atoms with E-state index in [0.29, 0.717) is 5.56 Å². The molecule has 1 aromatic heterocycles. The lowest BCUT2D eigenvalue weighted by molar-refractivity contribution is 0.0968. The summed E-state index contributed by atoms with van der Waals surface area (Å²) in [6, 6.07) is 45.1. The first-order valence-corrected chi connectivity index (χ1v) is 15.1. The molecule has 5 rings (SSSR count). The molecule has 0 saturated carbocycles. The van der Waals surface area contributed by atoms with Crippen molar-refractivity contribution >= 4 is 40.8 Å². The van der Waals surface area contributed by atoms with Gasteiger partial charge in [-0.1, -0.05) is 90.1 Å². The molecule has 0 aliphatic rings. The van der Waals surface area contributed by atoms with Gasteiger partial charge in [-0.3, -0.25) is 10.1 Å². The van der Waals surface area contributed by atoms with Crippen LogP contribution in [0.5, 0.6) is 0 Å². The number of hydrogen-bond acceptors (Lipinski definition) is 3. The number of pyridine rings is 1. The molecule has 1 heterocycles. The molecule has 0 unspecified atom stereocenters. The summed E-state index contributed by atoms with van der Waals surface area (Å²) in [6.45, 7) is 2.02. The summed E-state index contributed by atoms with van der Waals surface area (Å²) < 4.78 is 0. The van der Waals surface area contributed by atoms with E-state index in [-0.39, 0.29) is 5.91 Å². The molecule has 0 aliphatic carbocycles. The molecule has 186 valence electrons. The topological polar surface area (TPSA) is 42.0 Å². The fraction of sp³-hybridized carbons (Fsp3) is 0.0303. The third-order valence-corrected chi connectivity index (χ3v) is 11.5. The summed E-state index contributed by atoms with van der Waals surface area (Å²) >= 11 is 1.52. The Bertz CT molecular complexity index is 1410. The molecule has 0 atom stereocenters. The second-order valence-electron chi connectivity index (χ2n) is 8.79. The molecule has 5 heteroatoms. The zero-order chi connectivity index (χ0) is 26.2. The van der Waals surface area contributed by atoms with E-state index in [9.17, 15) is 4.79 Å². The van der Waals surface area contributed by atoms with Gasteiger partial charge in [-0.15, -0.1) is 0 Å². The molecule has 0 fully saturated rings. The van der Waals surface area contributed by atoms with Crippen molar-refractivity contribution in [1.82, 2.24) is 10.3 Å². The number of amides is 1. The number of aromatic nitrogens is 1. The van der Waals surface area contributed by atoms with Crippen LogP contribution in [-0.2, 0) is 0 Å². The average molecular weight is 532 g/mol. The summed E-state index contributed by atoms with van der Waals surface area (Å²) in [5.74, 6) is -0.134. The van der Waals surface area contributed by atoms with Gasteiger partial charge >= 0.3 is 0 Å². The SMILES string of the molecule is Cc1ccc(C(=O)N/C(=C\Sc2ccccn2)[P+](c2ccccc2)(c2ccccc2)c2ccccc2)cc1. The third-order valence-electron chi connectivity index (χ3n) is 6.28. The van der Waals surface area contributed by atoms with Crippen LogP contribution in [0.1, 0.15) is 15.9 Å². The highest BCUT2D eigenvalue weighted by Gasteiger charge is 2.50. The number of carbonyl (C=O) groups excluding carboxylic acids is 1. The number of nitrogens with one attached hydrogen (secondary N) is 1. The highest BCUT2D eigenvalue weighted by atomic mass is 32.2. The molecule has 38 heavy (non-hydrogen) atoms. The van der Waals surface area contributed by atoms with Gasteiger partial charge in [0, 0.05) is 17.2 Å². The van der Waals surface area contributed by atoms with Crippen LogP contribution in [0.2, 0.25) is 0 Å². The first-order chi connectivity index (χ1) is 18.7. The zero-order valence-electron chi connectivity index (χ0n) is 21.1. The fourth-order valence-electron chi connectivity index (χ4n) is 4.44. The Balaban J connectivity index is 1.76. The van der Waals surface area contributed by atoms with Crippen LogP contribution >= 0.6 is 19.0 Å². The number of hydrogen-bond donors (Lipinski definition) is 1. The summed E-state index contributed by atoms with van der Waals surface area (Å²) in [5.41, 5.74) is 2.60. The third kappa shape index (κ3) is 5.47. The van der Waals surface area contributed by atoms with Gasteiger partial charge in [-0.25, -0.2) is 4.98 Å². The predicted molar refractivity (Wildman–Crippen MR) is 162 cm³/mol. The lowest BCUT2D eigenvalue weighted by Gasteiger charge is -2.29. The van der Waals surface area contributed by atoms with Gasteiger partial charge in [0.1, 0.15) is 20.9 Å². The van der Waals surface area contributed by atoms with Crippen molar-refractivity contribution in [3.63, 3.8) is 0 Å². The summed E-state index contributed by atoms with van der Waals surface area (Å²) in [7, 11) is -2.50. The van der Waals surface area contributed by atoms with E-state index in [2.05, 4.69) is 88.5 Å². The Hall–Kier alpha value is -3.98. The van der Waals surface area contributed by atoms with E-state index in [0.717, 1.165) is 31.9 Å². The van der Waals surface area contributed by atoms with E-state index >= 15 is 0 Å². The molecule has 0 bridgehead atoms. The minimum absolute atomic E-state index is 0.134. The lowest BCUT2D eigenvalue weighted by Crippen LogP contribution is -2.38. The van der Waals surface area contributed by atoms with Crippen molar-refractivity contribution in [3.05, 3.63) is 162 Å². The molecular formula is C33H28N2OPS+. The predicted octanol–water partition coefficient (Wildman–Crippen LogP) is 6.71. The molecule has 3 nitrogen and oxygen atoms in total. The highest BCUT2D eigenvalue weighted by molar-refractivity contribution is 8.04. The van der Waals surface area contributed by atoms with Crippen molar-refractivity contribution in [2.24, 2.45) is 0 Å². The van der Waals surface area contributed by atoms with Crippen LogP contribution in [-0.4, -0.2) is 10.9 Å². The Labute approximate surface area is 229 Å². The lowest BCUT2D eigenvalue weighted by atomic mass is 10.1. The minimum Gasteiger partial charge on any atom is -0.291 e. The minimum atomic E-state index is -2.50. The monoisotopic (exact) mass is 531 g/mol. The number of thioether (sulfide) groups is 1. The van der Waals surface area contributed by atoms with Gasteiger partial charge in [0.15, 0.2) is 12.7 Å². The smallest absolute Gasteiger partial charge is 0.258 e. The van der Waals surface area contributed by atoms with E-state index in [1.165, 1.54) is 11.8 Å². The van der Waals surface area contributed by atoms with Crippen LogP contribution in [0.3, 0.4) is 0 Å². The molecule has 0 aliphatic heterocycles. The summed E-state index contributed by atoms with van der Waals surface area (Å²) in [4.78, 5) is 18.3. The van der Waals surface area contributed by atoms with Gasteiger partial charge in [-0.05, 0) is 67.6 Å². The van der Waals surface area contributed by atoms with Crippen LogP contribution in [0.4, 0.5) is 0 Å². The van der Waals surface area contributed by atoms with Crippen molar-refractivity contribution in [1.29, 1.82) is 0 Å². The van der Waals surface area contributed by atoms with Crippen LogP contribution in [0.25, 0.3) is 0 Å². The van der Waals surface area contributed by atoms with Gasteiger partial charge in [-0.2, -0.15) is 0 Å². The van der Waals surface area contributed by atoms with Crippen molar-refractivity contribution < 1.29 is 4.79 Å². The summed E-state index contributed by atoms with van der Waals surface area (Å²) in [5, 5.41) is 9.81. The maximum Gasteiger partial charge on any atom is 0.258 e. The largest absolute Gasteiger partial charge is 0.291 e. The van der Waals surface area contributed by atoms with E-state index in [1.807, 2.05) is 67.6 Å². The highest BCUT2D eigenvalue weighted by Crippen LogP contribution is 2.62. The number of nitrogens with zero attached hydrogens (tertiary/aromatic N) is 1. The van der Waals surface area contributed by atoms with Gasteiger partial charge in [0.05, 0.1) is 0 Å². The molecule has 1 amide bonds. The van der Waals surface area contributed by atoms with Gasteiger partial charge < -0.3 is 0 Å². The first-order valence-electron chi connectivity index (χ1n) is 12.4. The van der Waals surface area contributed by atoms with Crippen LogP contribution in [0, 0.1) is 6.92 Å². The Kier molecular flexibility index (Phi) is 8.13. The standard InChI is InChI=1S/C33H27N2OPS/c1-26-20-22-27(23-21-26)33(36)35-31(25-38-32-19-11-12-24-34-32)37(28-13-5-2-6-14-28,29-15-7-3-8-16-29)30-17-9-4-10-18-30/h2-25H,1H3/p+1/b31-25+. The molecule has 0 saturated heterocycles. The van der Waals surface area contributed by atoms with Crippen LogP contribution in [0.15, 0.2) is 156 Å². The fourth-order valence-corrected chi connectivity index (χ4v) is 9.66. The number of aryl methyl sites for hydroxylation is 1. The molecule has 0 radical (unpaired) electrons. The molecular weight excluding hydrogens is 503 g/mol.